The minimum atomic E-state index is -3.16. The number of aromatic nitrogens is 2. The first kappa shape index (κ1) is 19.2. The molecule has 0 bridgehead atoms. The second-order valence-corrected chi connectivity index (χ2v) is 10.1. The van der Waals surface area contributed by atoms with Crippen molar-refractivity contribution >= 4 is 24.4 Å². The van der Waals surface area contributed by atoms with Crippen LogP contribution in [0.2, 0.25) is 0 Å². The standard InChI is InChI=1S/C22H24N5O2P/c1-17-20-22(27(24-17)19-11-7-4-8-12-19)23-21(18-9-5-3-6-10-18)25(2)30(20,28)26-13-15-29-16-14-26/h3-12H,13-16H2,1-2H3/t30-/m0/s1. The molecule has 2 aliphatic rings. The number of aryl methyl sites for hydroxylation is 1. The summed E-state index contributed by atoms with van der Waals surface area (Å²) in [6, 6.07) is 19.8. The monoisotopic (exact) mass is 421 g/mol. The van der Waals surface area contributed by atoms with Crippen molar-refractivity contribution < 1.29 is 9.30 Å². The number of nitrogens with zero attached hydrogens (tertiary/aromatic N) is 5. The first-order valence-corrected chi connectivity index (χ1v) is 11.7. The second kappa shape index (κ2) is 7.51. The maximum absolute atomic E-state index is 14.9. The van der Waals surface area contributed by atoms with Crippen molar-refractivity contribution in [3.8, 4) is 5.69 Å². The van der Waals surface area contributed by atoms with Crippen molar-refractivity contribution in [3.05, 3.63) is 71.9 Å². The summed E-state index contributed by atoms with van der Waals surface area (Å²) in [7, 11) is -1.28. The molecule has 1 atom stereocenters. The van der Waals surface area contributed by atoms with E-state index in [0.29, 0.717) is 38.0 Å². The van der Waals surface area contributed by atoms with Crippen LogP contribution in [-0.4, -0.2) is 58.3 Å². The summed E-state index contributed by atoms with van der Waals surface area (Å²) in [6.07, 6.45) is 0. The van der Waals surface area contributed by atoms with Gasteiger partial charge in [0.2, 0.25) is 0 Å². The van der Waals surface area contributed by atoms with Gasteiger partial charge in [0.1, 0.15) is 11.1 Å². The van der Waals surface area contributed by atoms with E-state index in [1.54, 1.807) is 0 Å². The molecule has 0 aliphatic carbocycles. The molecule has 0 saturated carbocycles. The summed E-state index contributed by atoms with van der Waals surface area (Å²) in [5.41, 5.74) is 2.57. The molecular weight excluding hydrogens is 397 g/mol. The lowest BCUT2D eigenvalue weighted by Crippen LogP contribution is -2.45. The number of benzene rings is 2. The minimum Gasteiger partial charge on any atom is -0.379 e. The Bertz CT molecular complexity index is 1140. The Hall–Kier alpha value is -2.73. The van der Waals surface area contributed by atoms with Gasteiger partial charge < -0.3 is 4.74 Å². The van der Waals surface area contributed by atoms with Crippen molar-refractivity contribution in [1.82, 2.24) is 19.1 Å². The fraction of sp³-hybridized carbons (Fsp3) is 0.273. The van der Waals surface area contributed by atoms with Gasteiger partial charge in [-0.3, -0.25) is 9.24 Å². The summed E-state index contributed by atoms with van der Waals surface area (Å²) in [5, 5.41) is 5.49. The van der Waals surface area contributed by atoms with Crippen molar-refractivity contribution in [2.24, 2.45) is 4.99 Å². The molecule has 0 spiro atoms. The van der Waals surface area contributed by atoms with Crippen LogP contribution in [0.3, 0.4) is 0 Å². The van der Waals surface area contributed by atoms with E-state index in [4.69, 9.17) is 14.8 Å². The molecular formula is C22H24N5O2P. The molecule has 0 unspecified atom stereocenters. The van der Waals surface area contributed by atoms with Crippen LogP contribution in [0.25, 0.3) is 5.69 Å². The molecule has 1 fully saturated rings. The van der Waals surface area contributed by atoms with Gasteiger partial charge in [-0.2, -0.15) is 5.10 Å². The Balaban J connectivity index is 1.77. The van der Waals surface area contributed by atoms with Crippen LogP contribution in [0.15, 0.2) is 65.7 Å². The molecule has 1 aromatic heterocycles. The fourth-order valence-electron chi connectivity index (χ4n) is 4.14. The van der Waals surface area contributed by atoms with Gasteiger partial charge in [0, 0.05) is 25.7 Å². The van der Waals surface area contributed by atoms with E-state index in [2.05, 4.69) is 4.67 Å². The van der Waals surface area contributed by atoms with E-state index >= 15 is 0 Å². The lowest BCUT2D eigenvalue weighted by Gasteiger charge is -2.42. The third kappa shape index (κ3) is 2.93. The molecule has 0 amide bonds. The van der Waals surface area contributed by atoms with Gasteiger partial charge in [0.15, 0.2) is 5.82 Å². The Kier molecular flexibility index (Phi) is 4.82. The predicted octanol–water partition coefficient (Wildman–Crippen LogP) is 3.36. The number of rotatable bonds is 3. The third-order valence-corrected chi connectivity index (χ3v) is 8.90. The van der Waals surface area contributed by atoms with E-state index in [-0.39, 0.29) is 0 Å². The Morgan fingerprint density at radius 3 is 2.27 bits per heavy atom. The van der Waals surface area contributed by atoms with Crippen molar-refractivity contribution in [1.29, 1.82) is 0 Å². The molecule has 1 saturated heterocycles. The molecule has 0 radical (unpaired) electrons. The first-order chi connectivity index (χ1) is 14.6. The predicted molar refractivity (Wildman–Crippen MR) is 118 cm³/mol. The van der Waals surface area contributed by atoms with Crippen LogP contribution >= 0.6 is 7.44 Å². The molecule has 3 aromatic rings. The molecule has 2 aromatic carbocycles. The highest BCUT2D eigenvalue weighted by Gasteiger charge is 2.47. The molecule has 7 nitrogen and oxygen atoms in total. The molecule has 5 rings (SSSR count). The van der Waals surface area contributed by atoms with Gasteiger partial charge in [0.05, 0.1) is 24.6 Å². The van der Waals surface area contributed by atoms with Gasteiger partial charge in [-0.15, -0.1) is 0 Å². The topological polar surface area (TPSA) is 63.0 Å². The van der Waals surface area contributed by atoms with E-state index in [9.17, 15) is 4.57 Å². The summed E-state index contributed by atoms with van der Waals surface area (Å²) >= 11 is 0. The zero-order valence-corrected chi connectivity index (χ0v) is 18.0. The van der Waals surface area contributed by atoms with Gasteiger partial charge in [0.25, 0.3) is 7.44 Å². The largest absolute Gasteiger partial charge is 0.379 e. The number of hydrogen-bond acceptors (Lipinski definition) is 4. The number of hydrogen-bond donors (Lipinski definition) is 0. The van der Waals surface area contributed by atoms with E-state index < -0.39 is 7.44 Å². The summed E-state index contributed by atoms with van der Waals surface area (Å²) in [6.45, 7) is 4.27. The van der Waals surface area contributed by atoms with Gasteiger partial charge >= 0.3 is 0 Å². The van der Waals surface area contributed by atoms with E-state index in [0.717, 1.165) is 22.2 Å². The number of morpholine rings is 1. The van der Waals surface area contributed by atoms with Gasteiger partial charge in [-0.25, -0.2) is 14.3 Å². The van der Waals surface area contributed by atoms with E-state index in [1.807, 2.05) is 84.0 Å². The lowest BCUT2D eigenvalue weighted by molar-refractivity contribution is 0.0709. The molecule has 3 heterocycles. The highest BCUT2D eigenvalue weighted by molar-refractivity contribution is 7.68. The minimum absolute atomic E-state index is 0.566. The van der Waals surface area contributed by atoms with Crippen molar-refractivity contribution in [2.75, 3.05) is 33.4 Å². The van der Waals surface area contributed by atoms with Crippen LogP contribution in [0.5, 0.6) is 0 Å². The van der Waals surface area contributed by atoms with Crippen molar-refractivity contribution in [2.45, 2.75) is 6.92 Å². The zero-order chi connectivity index (χ0) is 20.7. The number of ether oxygens (including phenoxy) is 1. The smallest absolute Gasteiger partial charge is 0.275 e. The zero-order valence-electron chi connectivity index (χ0n) is 17.1. The van der Waals surface area contributed by atoms with Crippen LogP contribution in [0, 0.1) is 6.92 Å². The van der Waals surface area contributed by atoms with Crippen LogP contribution in [0.4, 0.5) is 5.82 Å². The maximum atomic E-state index is 14.9. The van der Waals surface area contributed by atoms with Crippen LogP contribution in [0.1, 0.15) is 11.3 Å². The summed E-state index contributed by atoms with van der Waals surface area (Å²) in [4.78, 5) is 5.00. The quantitative estimate of drug-likeness (QED) is 0.607. The van der Waals surface area contributed by atoms with Gasteiger partial charge in [-0.05, 0) is 19.1 Å². The average Bonchev–Trinajstić information content (AvgIpc) is 3.14. The lowest BCUT2D eigenvalue weighted by atomic mass is 10.2. The van der Waals surface area contributed by atoms with E-state index in [1.165, 1.54) is 0 Å². The summed E-state index contributed by atoms with van der Waals surface area (Å²) < 4.78 is 26.1. The Morgan fingerprint density at radius 1 is 0.967 bits per heavy atom. The molecule has 2 aliphatic heterocycles. The van der Waals surface area contributed by atoms with Crippen molar-refractivity contribution in [3.63, 3.8) is 0 Å². The van der Waals surface area contributed by atoms with Crippen LogP contribution in [-0.2, 0) is 9.30 Å². The Morgan fingerprint density at radius 2 is 1.60 bits per heavy atom. The number of amidine groups is 1. The highest BCUT2D eigenvalue weighted by Crippen LogP contribution is 2.57. The molecule has 154 valence electrons. The van der Waals surface area contributed by atoms with Crippen LogP contribution < -0.4 is 5.30 Å². The number of para-hydroxylation sites is 1. The van der Waals surface area contributed by atoms with Gasteiger partial charge in [-0.1, -0.05) is 48.5 Å². The molecule has 8 heteroatoms. The molecule has 30 heavy (non-hydrogen) atoms. The second-order valence-electron chi connectivity index (χ2n) is 7.44. The SMILES string of the molecule is Cc1nn(-c2ccccc2)c2c1[P@@](=O)(N1CCOCC1)N(C)C(c1ccccc1)=N2. The fourth-order valence-corrected chi connectivity index (χ4v) is 7.10. The number of fused-ring (bicyclic) bond motifs is 1. The average molecular weight is 421 g/mol. The summed E-state index contributed by atoms with van der Waals surface area (Å²) in [5.74, 6) is 1.33. The number of aliphatic imine (C=N–C) groups is 1. The normalized spacial score (nSPS) is 21.9. The maximum Gasteiger partial charge on any atom is 0.275 e. The first-order valence-electron chi connectivity index (χ1n) is 10.1. The third-order valence-electron chi connectivity index (χ3n) is 5.62. The highest BCUT2D eigenvalue weighted by atomic mass is 31.2. The Labute approximate surface area is 176 Å². The molecule has 0 N–H and O–H groups in total.